The molecular formula is C25H22F3N3O3S2. The summed E-state index contributed by atoms with van der Waals surface area (Å²) in [6.45, 7) is 2.08. The lowest BCUT2D eigenvalue weighted by molar-refractivity contribution is -0.137. The maximum atomic E-state index is 13.5. The number of benzene rings is 2. The molecule has 0 saturated carbocycles. The molecule has 36 heavy (non-hydrogen) atoms. The van der Waals surface area contributed by atoms with Crippen molar-refractivity contribution in [3.8, 4) is 0 Å². The summed E-state index contributed by atoms with van der Waals surface area (Å²) in [5, 5.41) is 2.42. The standard InChI is InChI=1S/C25H22F3N3O3S2/c1-2-3-6-12-30-23(34)21(36-24(30)35)20-17-10-4-5-11-18(17)31(22(20)33)14-19(32)29-16-9-7-8-15(13-16)25(26,27)28/h4-5,7-11,13H,2-3,6,12,14H2,1H3,(H,29,32). The summed E-state index contributed by atoms with van der Waals surface area (Å²) in [7, 11) is 0. The van der Waals surface area contributed by atoms with Gasteiger partial charge in [0, 0.05) is 17.8 Å². The van der Waals surface area contributed by atoms with E-state index in [9.17, 15) is 27.6 Å². The Bertz CT molecular complexity index is 1280. The molecule has 6 nitrogen and oxygen atoms in total. The number of hydrogen-bond acceptors (Lipinski definition) is 5. The van der Waals surface area contributed by atoms with Crippen LogP contribution in [0.1, 0.15) is 37.3 Å². The van der Waals surface area contributed by atoms with Gasteiger partial charge in [-0.05, 0) is 30.7 Å². The topological polar surface area (TPSA) is 69.7 Å². The van der Waals surface area contributed by atoms with E-state index in [0.717, 1.165) is 43.2 Å². The predicted molar refractivity (Wildman–Crippen MR) is 137 cm³/mol. The Morgan fingerprint density at radius 3 is 2.50 bits per heavy atom. The summed E-state index contributed by atoms with van der Waals surface area (Å²) in [6.07, 6.45) is -1.83. The average Bonchev–Trinajstić information content (AvgIpc) is 3.26. The van der Waals surface area contributed by atoms with Crippen molar-refractivity contribution in [3.63, 3.8) is 0 Å². The molecule has 1 N–H and O–H groups in total. The number of amides is 3. The van der Waals surface area contributed by atoms with Crippen LogP contribution in [0.25, 0.3) is 5.57 Å². The Morgan fingerprint density at radius 1 is 1.03 bits per heavy atom. The quantitative estimate of drug-likeness (QED) is 0.291. The largest absolute Gasteiger partial charge is 0.416 e. The van der Waals surface area contributed by atoms with E-state index in [0.29, 0.717) is 22.1 Å². The number of nitrogens with one attached hydrogen (secondary N) is 1. The number of anilines is 2. The highest BCUT2D eigenvalue weighted by Crippen LogP contribution is 2.44. The first-order chi connectivity index (χ1) is 17.1. The maximum Gasteiger partial charge on any atom is 0.416 e. The zero-order valence-electron chi connectivity index (χ0n) is 19.2. The highest BCUT2D eigenvalue weighted by Gasteiger charge is 2.42. The van der Waals surface area contributed by atoms with Gasteiger partial charge in [0.2, 0.25) is 5.91 Å². The minimum absolute atomic E-state index is 0.0390. The number of carbonyl (C=O) groups excluding carboxylic acids is 3. The smallest absolute Gasteiger partial charge is 0.325 e. The van der Waals surface area contributed by atoms with E-state index in [-0.39, 0.29) is 22.1 Å². The lowest BCUT2D eigenvalue weighted by Gasteiger charge is -2.17. The first-order valence-electron chi connectivity index (χ1n) is 11.3. The number of nitrogens with zero attached hydrogens (tertiary/aromatic N) is 2. The third-order valence-corrected chi connectivity index (χ3v) is 7.21. The molecule has 0 bridgehead atoms. The van der Waals surface area contributed by atoms with Gasteiger partial charge in [0.1, 0.15) is 10.9 Å². The maximum absolute atomic E-state index is 13.5. The van der Waals surface area contributed by atoms with Gasteiger partial charge in [-0.1, -0.05) is 68.0 Å². The van der Waals surface area contributed by atoms with Gasteiger partial charge in [0.25, 0.3) is 11.8 Å². The average molecular weight is 534 g/mol. The molecule has 0 atom stereocenters. The lowest BCUT2D eigenvalue weighted by atomic mass is 10.1. The minimum Gasteiger partial charge on any atom is -0.325 e. The number of hydrogen-bond donors (Lipinski definition) is 1. The Labute approximate surface area is 215 Å². The van der Waals surface area contributed by atoms with Crippen LogP contribution in [0, 0.1) is 0 Å². The molecule has 2 aromatic carbocycles. The Balaban J connectivity index is 1.58. The highest BCUT2D eigenvalue weighted by molar-refractivity contribution is 8.26. The molecule has 0 aliphatic carbocycles. The summed E-state index contributed by atoms with van der Waals surface area (Å²) < 4.78 is 39.4. The normalized spacial score (nSPS) is 17.7. The summed E-state index contributed by atoms with van der Waals surface area (Å²) in [5.41, 5.74) is 0.179. The third kappa shape index (κ3) is 5.17. The van der Waals surface area contributed by atoms with Crippen molar-refractivity contribution < 1.29 is 27.6 Å². The molecule has 0 unspecified atom stereocenters. The van der Waals surface area contributed by atoms with Gasteiger partial charge in [-0.3, -0.25) is 24.2 Å². The molecule has 188 valence electrons. The Kier molecular flexibility index (Phi) is 7.51. The molecule has 2 aromatic rings. The summed E-state index contributed by atoms with van der Waals surface area (Å²) in [4.78, 5) is 42.3. The number of thioether (sulfide) groups is 1. The van der Waals surface area contributed by atoms with Crippen molar-refractivity contribution in [3.05, 3.63) is 64.6 Å². The van der Waals surface area contributed by atoms with Crippen molar-refractivity contribution in [2.45, 2.75) is 32.4 Å². The number of thiocarbonyl (C=S) groups is 1. The highest BCUT2D eigenvalue weighted by atomic mass is 32.2. The zero-order valence-corrected chi connectivity index (χ0v) is 20.9. The van der Waals surface area contributed by atoms with Crippen LogP contribution in [0.3, 0.4) is 0 Å². The van der Waals surface area contributed by atoms with E-state index in [1.165, 1.54) is 21.9 Å². The van der Waals surface area contributed by atoms with Crippen molar-refractivity contribution in [2.24, 2.45) is 0 Å². The molecular weight excluding hydrogens is 511 g/mol. The number of rotatable bonds is 7. The first kappa shape index (κ1) is 25.9. The molecule has 2 aliphatic heterocycles. The van der Waals surface area contributed by atoms with E-state index < -0.39 is 30.1 Å². The van der Waals surface area contributed by atoms with Crippen LogP contribution < -0.4 is 10.2 Å². The second-order valence-corrected chi connectivity index (χ2v) is 9.92. The van der Waals surface area contributed by atoms with Crippen molar-refractivity contribution >= 4 is 63.0 Å². The van der Waals surface area contributed by atoms with E-state index >= 15 is 0 Å². The van der Waals surface area contributed by atoms with Gasteiger partial charge >= 0.3 is 6.18 Å². The lowest BCUT2D eigenvalue weighted by Crippen LogP contribution is -2.35. The van der Waals surface area contributed by atoms with Gasteiger partial charge < -0.3 is 5.32 Å². The van der Waals surface area contributed by atoms with Gasteiger partial charge in [0.05, 0.1) is 21.7 Å². The fourth-order valence-electron chi connectivity index (χ4n) is 4.04. The van der Waals surface area contributed by atoms with Crippen molar-refractivity contribution in [1.82, 2.24) is 4.90 Å². The van der Waals surface area contributed by atoms with Crippen molar-refractivity contribution in [2.75, 3.05) is 23.3 Å². The summed E-state index contributed by atoms with van der Waals surface area (Å²) in [6, 6.07) is 11.0. The van der Waals surface area contributed by atoms with Gasteiger partial charge in [0.15, 0.2) is 0 Å². The van der Waals surface area contributed by atoms with E-state index in [1.807, 2.05) is 0 Å². The fourth-order valence-corrected chi connectivity index (χ4v) is 5.42. The molecule has 0 spiro atoms. The van der Waals surface area contributed by atoms with E-state index in [2.05, 4.69) is 12.2 Å². The molecule has 3 amide bonds. The fraction of sp³-hybridized carbons (Fsp3) is 0.280. The number of carbonyl (C=O) groups is 3. The SMILES string of the molecule is CCCCCN1C(=O)C(=C2C(=O)N(CC(=O)Nc3cccc(C(F)(F)F)c3)c3ccccc32)SC1=S. The van der Waals surface area contributed by atoms with Crippen LogP contribution in [0.5, 0.6) is 0 Å². The second-order valence-electron chi connectivity index (χ2n) is 8.27. The third-order valence-electron chi connectivity index (χ3n) is 5.76. The van der Waals surface area contributed by atoms with Crippen LogP contribution in [0.4, 0.5) is 24.5 Å². The van der Waals surface area contributed by atoms with Gasteiger partial charge in [-0.2, -0.15) is 13.2 Å². The molecule has 1 fully saturated rings. The number of alkyl halides is 3. The van der Waals surface area contributed by atoms with E-state index in [4.69, 9.17) is 12.2 Å². The van der Waals surface area contributed by atoms with Crippen LogP contribution in [-0.2, 0) is 20.6 Å². The first-order valence-corrected chi connectivity index (χ1v) is 12.5. The van der Waals surface area contributed by atoms with Crippen LogP contribution >= 0.6 is 24.0 Å². The second kappa shape index (κ2) is 10.4. The van der Waals surface area contributed by atoms with Gasteiger partial charge in [-0.25, -0.2) is 0 Å². The zero-order chi connectivity index (χ0) is 26.0. The Morgan fingerprint density at radius 2 is 1.78 bits per heavy atom. The number of fused-ring (bicyclic) bond motifs is 1. The summed E-state index contributed by atoms with van der Waals surface area (Å²) in [5.74, 6) is -1.55. The molecule has 2 heterocycles. The van der Waals surface area contributed by atoms with Crippen LogP contribution in [0.15, 0.2) is 53.4 Å². The predicted octanol–water partition coefficient (Wildman–Crippen LogP) is 5.45. The van der Waals surface area contributed by atoms with E-state index in [1.54, 1.807) is 24.3 Å². The monoisotopic (exact) mass is 533 g/mol. The molecule has 1 saturated heterocycles. The minimum atomic E-state index is -4.55. The number of unbranched alkanes of at least 4 members (excludes halogenated alkanes) is 2. The van der Waals surface area contributed by atoms with Crippen LogP contribution in [-0.4, -0.2) is 40.0 Å². The molecule has 2 aliphatic rings. The molecule has 4 rings (SSSR count). The van der Waals surface area contributed by atoms with Crippen LogP contribution in [0.2, 0.25) is 0 Å². The van der Waals surface area contributed by atoms with Gasteiger partial charge in [-0.15, -0.1) is 0 Å². The van der Waals surface area contributed by atoms with Crippen molar-refractivity contribution in [1.29, 1.82) is 0 Å². The summed E-state index contributed by atoms with van der Waals surface area (Å²) >= 11 is 6.46. The molecule has 11 heteroatoms. The number of halogens is 3. The molecule has 0 radical (unpaired) electrons. The number of para-hydroxylation sites is 1. The Hall–Kier alpha value is -3.18. The molecule has 0 aromatic heterocycles.